The summed E-state index contributed by atoms with van der Waals surface area (Å²) in [6, 6.07) is 15.2. The smallest absolute Gasteiger partial charge is 0.254 e. The van der Waals surface area contributed by atoms with Crippen LogP contribution >= 0.6 is 0 Å². The zero-order valence-corrected chi connectivity index (χ0v) is 12.5. The number of hydrogen-bond acceptors (Lipinski definition) is 2. The number of nitrogens with one attached hydrogen (secondary N) is 1. The summed E-state index contributed by atoms with van der Waals surface area (Å²) in [6.45, 7) is 0.958. The van der Waals surface area contributed by atoms with Crippen molar-refractivity contribution < 1.29 is 14.0 Å². The van der Waals surface area contributed by atoms with Crippen LogP contribution in [-0.2, 0) is 11.3 Å². The average Bonchev–Trinajstić information content (AvgIpc) is 2.88. The number of benzene rings is 2. The van der Waals surface area contributed by atoms with E-state index >= 15 is 0 Å². The molecule has 3 rings (SSSR count). The third-order valence-electron chi connectivity index (χ3n) is 3.88. The molecule has 0 aliphatic carbocycles. The molecule has 1 fully saturated rings. The fourth-order valence-corrected chi connectivity index (χ4v) is 2.73. The van der Waals surface area contributed by atoms with E-state index in [4.69, 9.17) is 0 Å². The minimum Gasteiger partial charge on any atom is -0.347 e. The van der Waals surface area contributed by atoms with Crippen molar-refractivity contribution in [3.8, 4) is 0 Å². The molecule has 2 aromatic carbocycles. The molecule has 0 saturated carbocycles. The van der Waals surface area contributed by atoms with Gasteiger partial charge < -0.3 is 10.2 Å². The van der Waals surface area contributed by atoms with Crippen molar-refractivity contribution >= 4 is 11.8 Å². The van der Waals surface area contributed by atoms with E-state index in [2.05, 4.69) is 5.32 Å². The topological polar surface area (TPSA) is 49.4 Å². The molecule has 1 atom stereocenters. The number of carbonyl (C=O) groups is 2. The van der Waals surface area contributed by atoms with Crippen LogP contribution in [0.15, 0.2) is 54.6 Å². The van der Waals surface area contributed by atoms with Crippen molar-refractivity contribution in [2.75, 3.05) is 6.54 Å². The van der Waals surface area contributed by atoms with Gasteiger partial charge in [-0.3, -0.25) is 9.59 Å². The Morgan fingerprint density at radius 2 is 1.83 bits per heavy atom. The molecule has 2 aromatic rings. The van der Waals surface area contributed by atoms with E-state index in [1.807, 2.05) is 30.3 Å². The predicted octanol–water partition coefficient (Wildman–Crippen LogP) is 2.36. The number of likely N-dealkylation sites (tertiary alicyclic amines) is 1. The van der Waals surface area contributed by atoms with Crippen LogP contribution < -0.4 is 5.32 Å². The molecule has 5 heteroatoms. The third-order valence-corrected chi connectivity index (χ3v) is 3.88. The lowest BCUT2D eigenvalue weighted by Crippen LogP contribution is -2.37. The first-order valence-corrected chi connectivity index (χ1v) is 7.50. The molecule has 1 aliphatic heterocycles. The number of carbonyl (C=O) groups excluding carboxylic acids is 2. The molecule has 1 aliphatic rings. The van der Waals surface area contributed by atoms with Crippen LogP contribution in [0.4, 0.5) is 4.39 Å². The van der Waals surface area contributed by atoms with Crippen molar-refractivity contribution in [3.63, 3.8) is 0 Å². The molecule has 1 unspecified atom stereocenters. The largest absolute Gasteiger partial charge is 0.347 e. The molecule has 1 saturated heterocycles. The Bertz CT molecular complexity index is 718. The summed E-state index contributed by atoms with van der Waals surface area (Å²) in [5.74, 6) is -1.05. The molecule has 23 heavy (non-hydrogen) atoms. The zero-order valence-electron chi connectivity index (χ0n) is 12.5. The summed E-state index contributed by atoms with van der Waals surface area (Å²) in [4.78, 5) is 25.9. The minimum atomic E-state index is -0.560. The van der Waals surface area contributed by atoms with Crippen LogP contribution in [0.25, 0.3) is 0 Å². The van der Waals surface area contributed by atoms with Crippen molar-refractivity contribution in [1.29, 1.82) is 0 Å². The van der Waals surface area contributed by atoms with E-state index in [-0.39, 0.29) is 23.9 Å². The van der Waals surface area contributed by atoms with Gasteiger partial charge in [-0.05, 0) is 17.7 Å². The lowest BCUT2D eigenvalue weighted by molar-refractivity contribution is -0.128. The second-order valence-corrected chi connectivity index (χ2v) is 5.61. The van der Waals surface area contributed by atoms with Crippen molar-refractivity contribution in [3.05, 3.63) is 71.5 Å². The standard InChI is InChI=1S/C18H17FN2O2/c19-16-9-5-4-8-15(16)18(23)20-14-10-17(22)21(12-14)11-13-6-2-1-3-7-13/h1-9,14H,10-12H2,(H,20,23). The number of nitrogens with zero attached hydrogens (tertiary/aromatic N) is 1. The maximum absolute atomic E-state index is 13.6. The van der Waals surface area contributed by atoms with Crippen LogP contribution in [0.5, 0.6) is 0 Å². The summed E-state index contributed by atoms with van der Waals surface area (Å²) >= 11 is 0. The van der Waals surface area contributed by atoms with Gasteiger partial charge in [-0.1, -0.05) is 42.5 Å². The second kappa shape index (κ2) is 6.60. The molecule has 4 nitrogen and oxygen atoms in total. The van der Waals surface area contributed by atoms with E-state index in [0.29, 0.717) is 13.1 Å². The highest BCUT2D eigenvalue weighted by atomic mass is 19.1. The monoisotopic (exact) mass is 312 g/mol. The molecular weight excluding hydrogens is 295 g/mol. The van der Waals surface area contributed by atoms with Gasteiger partial charge >= 0.3 is 0 Å². The van der Waals surface area contributed by atoms with Gasteiger partial charge in [0, 0.05) is 19.5 Å². The van der Waals surface area contributed by atoms with Gasteiger partial charge in [0.15, 0.2) is 0 Å². The van der Waals surface area contributed by atoms with Gasteiger partial charge in [0.25, 0.3) is 5.91 Å². The SMILES string of the molecule is O=C(NC1CC(=O)N(Cc2ccccc2)C1)c1ccccc1F. The molecule has 0 aromatic heterocycles. The Labute approximate surface area is 133 Å². The van der Waals surface area contributed by atoms with Gasteiger partial charge in [-0.15, -0.1) is 0 Å². The molecule has 0 radical (unpaired) electrons. The van der Waals surface area contributed by atoms with Gasteiger partial charge in [-0.25, -0.2) is 4.39 Å². The summed E-state index contributed by atoms with van der Waals surface area (Å²) in [5.41, 5.74) is 1.04. The molecule has 1 heterocycles. The van der Waals surface area contributed by atoms with Crippen LogP contribution in [0.1, 0.15) is 22.3 Å². The van der Waals surface area contributed by atoms with E-state index in [0.717, 1.165) is 5.56 Å². The summed E-state index contributed by atoms with van der Waals surface area (Å²) in [7, 11) is 0. The molecule has 0 spiro atoms. The Balaban J connectivity index is 1.62. The van der Waals surface area contributed by atoms with Gasteiger partial charge in [-0.2, -0.15) is 0 Å². The van der Waals surface area contributed by atoms with E-state index in [1.54, 1.807) is 11.0 Å². The van der Waals surface area contributed by atoms with Crippen molar-refractivity contribution in [2.24, 2.45) is 0 Å². The van der Waals surface area contributed by atoms with Gasteiger partial charge in [0.1, 0.15) is 5.82 Å². The molecule has 118 valence electrons. The van der Waals surface area contributed by atoms with E-state index in [1.165, 1.54) is 18.2 Å². The Kier molecular flexibility index (Phi) is 4.37. The molecule has 2 amide bonds. The average molecular weight is 312 g/mol. The molecular formula is C18H17FN2O2. The van der Waals surface area contributed by atoms with Gasteiger partial charge in [0.2, 0.25) is 5.91 Å². The lowest BCUT2D eigenvalue weighted by Gasteiger charge is -2.17. The highest BCUT2D eigenvalue weighted by Crippen LogP contribution is 2.16. The van der Waals surface area contributed by atoms with Crippen LogP contribution in [0, 0.1) is 5.82 Å². The highest BCUT2D eigenvalue weighted by molar-refractivity contribution is 5.95. The maximum Gasteiger partial charge on any atom is 0.254 e. The Morgan fingerprint density at radius 1 is 1.13 bits per heavy atom. The van der Waals surface area contributed by atoms with Crippen molar-refractivity contribution in [1.82, 2.24) is 10.2 Å². The third kappa shape index (κ3) is 3.56. The molecule has 1 N–H and O–H groups in total. The van der Waals surface area contributed by atoms with Crippen LogP contribution in [0.2, 0.25) is 0 Å². The number of amides is 2. The highest BCUT2D eigenvalue weighted by Gasteiger charge is 2.31. The number of halogens is 1. The Morgan fingerprint density at radius 3 is 2.57 bits per heavy atom. The predicted molar refractivity (Wildman–Crippen MR) is 84.1 cm³/mol. The number of rotatable bonds is 4. The fourth-order valence-electron chi connectivity index (χ4n) is 2.73. The normalized spacial score (nSPS) is 17.3. The zero-order chi connectivity index (χ0) is 16.2. The summed E-state index contributed by atoms with van der Waals surface area (Å²) in [6.07, 6.45) is 0.243. The first-order chi connectivity index (χ1) is 11.1. The van der Waals surface area contributed by atoms with Crippen molar-refractivity contribution in [2.45, 2.75) is 19.0 Å². The summed E-state index contributed by atoms with van der Waals surface area (Å²) in [5, 5.41) is 2.74. The summed E-state index contributed by atoms with van der Waals surface area (Å²) < 4.78 is 13.6. The second-order valence-electron chi connectivity index (χ2n) is 5.61. The minimum absolute atomic E-state index is 0.00135. The van der Waals surface area contributed by atoms with Crippen LogP contribution in [0.3, 0.4) is 0 Å². The van der Waals surface area contributed by atoms with E-state index < -0.39 is 11.7 Å². The maximum atomic E-state index is 13.6. The quantitative estimate of drug-likeness (QED) is 0.942. The lowest BCUT2D eigenvalue weighted by atomic mass is 10.1. The Hall–Kier alpha value is -2.69. The first-order valence-electron chi connectivity index (χ1n) is 7.50. The van der Waals surface area contributed by atoms with E-state index in [9.17, 15) is 14.0 Å². The fraction of sp³-hybridized carbons (Fsp3) is 0.222. The molecule has 0 bridgehead atoms. The van der Waals surface area contributed by atoms with Gasteiger partial charge in [0.05, 0.1) is 11.6 Å². The number of hydrogen-bond donors (Lipinski definition) is 1. The first kappa shape index (κ1) is 15.2. The van der Waals surface area contributed by atoms with Crippen LogP contribution in [-0.4, -0.2) is 29.3 Å².